The van der Waals surface area contributed by atoms with Gasteiger partial charge in [0.2, 0.25) is 0 Å². The Labute approximate surface area is 338 Å². The minimum Gasteiger partial charge on any atom is -0.455 e. The second-order valence-electron chi connectivity index (χ2n) is 17.3. The predicted molar refractivity (Wildman–Crippen MR) is 241 cm³/mol. The summed E-state index contributed by atoms with van der Waals surface area (Å²) in [6.45, 7) is 12.9. The molecule has 0 aliphatic rings. The minimum atomic E-state index is -0.249. The fraction of sp³-hybridized carbons (Fsp3) is 0.151. The van der Waals surface area contributed by atoms with Gasteiger partial charge in [-0.25, -0.2) is 15.0 Å². The number of aromatic nitrogens is 4. The lowest BCUT2D eigenvalue weighted by molar-refractivity contribution is 0.497. The van der Waals surface area contributed by atoms with Gasteiger partial charge in [0.1, 0.15) is 22.8 Å². The summed E-state index contributed by atoms with van der Waals surface area (Å²) in [7, 11) is 0. The highest BCUT2D eigenvalue weighted by Crippen LogP contribution is 2.44. The molecule has 58 heavy (non-hydrogen) atoms. The smallest absolute Gasteiger partial charge is 0.167 e. The fourth-order valence-corrected chi connectivity index (χ4v) is 8.26. The van der Waals surface area contributed by atoms with Crippen LogP contribution in [0.4, 0.5) is 0 Å². The van der Waals surface area contributed by atoms with Gasteiger partial charge >= 0.3 is 0 Å². The zero-order valence-electron chi connectivity index (χ0n) is 33.7. The average Bonchev–Trinajstić information content (AvgIpc) is 3.79. The van der Waals surface area contributed by atoms with E-state index in [4.69, 9.17) is 19.4 Å². The highest BCUT2D eigenvalue weighted by atomic mass is 16.3. The first-order valence-corrected chi connectivity index (χ1v) is 20.0. The minimum absolute atomic E-state index is 0.249. The van der Waals surface area contributed by atoms with E-state index in [2.05, 4.69) is 204 Å². The van der Waals surface area contributed by atoms with E-state index in [9.17, 15) is 0 Å². The van der Waals surface area contributed by atoms with Crippen LogP contribution in [-0.4, -0.2) is 19.5 Å². The van der Waals surface area contributed by atoms with Gasteiger partial charge in [0, 0.05) is 49.1 Å². The Bertz CT molecular complexity index is 3090. The summed E-state index contributed by atoms with van der Waals surface area (Å²) in [4.78, 5) is 15.0. The van der Waals surface area contributed by atoms with E-state index in [0.29, 0.717) is 5.82 Å². The summed E-state index contributed by atoms with van der Waals surface area (Å²) in [5.74, 6) is 2.17. The highest BCUT2D eigenvalue weighted by molar-refractivity contribution is 6.15. The summed E-state index contributed by atoms with van der Waals surface area (Å²) in [5, 5.41) is 4.47. The predicted octanol–water partition coefficient (Wildman–Crippen LogP) is 14.1. The molecule has 7 aromatic carbocycles. The Kier molecular flexibility index (Phi) is 8.20. The summed E-state index contributed by atoms with van der Waals surface area (Å²) in [6, 6.07) is 56.4. The molecule has 0 saturated carbocycles. The highest BCUT2D eigenvalue weighted by Gasteiger charge is 2.27. The van der Waals surface area contributed by atoms with Crippen molar-refractivity contribution >= 4 is 43.7 Å². The molecular formula is C53H44N4O. The molecule has 0 atom stereocenters. The Hall–Kier alpha value is -6.85. The Morgan fingerprint density at radius 2 is 0.879 bits per heavy atom. The van der Waals surface area contributed by atoms with Crippen molar-refractivity contribution in [2.24, 2.45) is 0 Å². The van der Waals surface area contributed by atoms with Crippen molar-refractivity contribution in [1.82, 2.24) is 19.5 Å². The number of nitrogens with zero attached hydrogens (tertiary/aromatic N) is 4. The quantitative estimate of drug-likeness (QED) is 0.176. The second-order valence-corrected chi connectivity index (χ2v) is 17.3. The number of benzene rings is 7. The third-order valence-electron chi connectivity index (χ3n) is 11.2. The van der Waals surface area contributed by atoms with Crippen molar-refractivity contribution in [3.63, 3.8) is 0 Å². The van der Waals surface area contributed by atoms with Crippen LogP contribution >= 0.6 is 0 Å². The van der Waals surface area contributed by atoms with Crippen molar-refractivity contribution in [3.05, 3.63) is 169 Å². The number of furan rings is 1. The van der Waals surface area contributed by atoms with Crippen molar-refractivity contribution in [2.75, 3.05) is 0 Å². The van der Waals surface area contributed by atoms with Gasteiger partial charge in [0.05, 0.1) is 22.3 Å². The lowest BCUT2D eigenvalue weighted by atomic mass is 9.93. The van der Waals surface area contributed by atoms with E-state index < -0.39 is 0 Å². The molecule has 0 amide bonds. The van der Waals surface area contributed by atoms with Crippen LogP contribution < -0.4 is 0 Å². The molecule has 0 aliphatic carbocycles. The number of fused-ring (bicyclic) bond motifs is 6. The molecule has 0 saturated heterocycles. The van der Waals surface area contributed by atoms with Gasteiger partial charge in [0.15, 0.2) is 5.82 Å². The van der Waals surface area contributed by atoms with Gasteiger partial charge in [-0.05, 0) is 41.0 Å². The SMILES string of the molecule is CC(C)(C)c1nc(-c2cccc3c2oc2c(-c4ccc5c(c4)c4ccccc4n5-c4c(-c5ccccc5)cccc4-c4ccccc4)cccc23)nc(C(C)(C)C)n1. The zero-order valence-corrected chi connectivity index (χ0v) is 33.7. The van der Waals surface area contributed by atoms with Gasteiger partial charge in [-0.2, -0.15) is 0 Å². The van der Waals surface area contributed by atoms with Gasteiger partial charge in [0.25, 0.3) is 0 Å². The molecule has 0 aliphatic heterocycles. The molecule has 0 bridgehead atoms. The van der Waals surface area contributed by atoms with Crippen molar-refractivity contribution < 1.29 is 4.42 Å². The number of para-hydroxylation sites is 4. The van der Waals surface area contributed by atoms with Crippen molar-refractivity contribution in [3.8, 4) is 50.5 Å². The molecule has 10 aromatic rings. The molecule has 10 rings (SSSR count). The third-order valence-corrected chi connectivity index (χ3v) is 11.2. The summed E-state index contributed by atoms with van der Waals surface area (Å²) in [6.07, 6.45) is 0. The first kappa shape index (κ1) is 35.6. The molecule has 0 fully saturated rings. The van der Waals surface area contributed by atoms with E-state index in [-0.39, 0.29) is 10.8 Å². The van der Waals surface area contributed by atoms with Gasteiger partial charge in [-0.1, -0.05) is 175 Å². The van der Waals surface area contributed by atoms with E-state index >= 15 is 0 Å². The molecule has 3 heterocycles. The van der Waals surface area contributed by atoms with Gasteiger partial charge in [-0.3, -0.25) is 0 Å². The van der Waals surface area contributed by atoms with Crippen LogP contribution in [0, 0.1) is 0 Å². The first-order valence-electron chi connectivity index (χ1n) is 20.0. The van der Waals surface area contributed by atoms with Crippen LogP contribution in [0.5, 0.6) is 0 Å². The van der Waals surface area contributed by atoms with Crippen LogP contribution in [0.1, 0.15) is 53.2 Å². The van der Waals surface area contributed by atoms with Crippen LogP contribution in [0.25, 0.3) is 94.2 Å². The van der Waals surface area contributed by atoms with E-state index in [1.807, 2.05) is 0 Å². The van der Waals surface area contributed by atoms with Crippen LogP contribution in [0.15, 0.2) is 162 Å². The molecule has 282 valence electrons. The molecule has 5 heteroatoms. The van der Waals surface area contributed by atoms with Gasteiger partial charge in [-0.15, -0.1) is 0 Å². The monoisotopic (exact) mass is 752 g/mol. The molecule has 0 radical (unpaired) electrons. The van der Waals surface area contributed by atoms with Crippen molar-refractivity contribution in [2.45, 2.75) is 52.4 Å². The third kappa shape index (κ3) is 5.89. The maximum Gasteiger partial charge on any atom is 0.167 e. The lowest BCUT2D eigenvalue weighted by Gasteiger charge is -2.22. The number of rotatable bonds is 5. The van der Waals surface area contributed by atoms with Crippen molar-refractivity contribution in [1.29, 1.82) is 0 Å². The number of hydrogen-bond acceptors (Lipinski definition) is 4. The maximum atomic E-state index is 6.97. The second kappa shape index (κ2) is 13.4. The van der Waals surface area contributed by atoms with E-state index in [1.165, 1.54) is 33.0 Å². The maximum absolute atomic E-state index is 6.97. The number of hydrogen-bond donors (Lipinski definition) is 0. The molecule has 0 unspecified atom stereocenters. The van der Waals surface area contributed by atoms with Crippen LogP contribution in [0.3, 0.4) is 0 Å². The average molecular weight is 753 g/mol. The summed E-state index contributed by atoms with van der Waals surface area (Å²) < 4.78 is 9.43. The summed E-state index contributed by atoms with van der Waals surface area (Å²) in [5.41, 5.74) is 12.3. The topological polar surface area (TPSA) is 56.7 Å². The summed E-state index contributed by atoms with van der Waals surface area (Å²) >= 11 is 0. The fourth-order valence-electron chi connectivity index (χ4n) is 8.26. The molecule has 0 N–H and O–H groups in total. The molecule has 0 spiro atoms. The van der Waals surface area contributed by atoms with Crippen LogP contribution in [0.2, 0.25) is 0 Å². The zero-order chi connectivity index (χ0) is 39.8. The standard InChI is InChI=1S/C53H44N4O/c1-52(2,3)50-54-49(55-51(56-50)53(4,5)6)42-28-17-27-41-40-26-16-25-38(47(40)58-48(41)42)35-30-31-45-43(32-35)39-22-13-14-29-44(39)57(45)46-36(33-18-9-7-10-19-33)23-15-24-37(46)34-20-11-8-12-21-34/h7-32H,1-6H3. The molecule has 3 aromatic heterocycles. The van der Waals surface area contributed by atoms with Gasteiger partial charge < -0.3 is 8.98 Å². The Balaban J connectivity index is 1.19. The van der Waals surface area contributed by atoms with Crippen LogP contribution in [-0.2, 0) is 10.8 Å². The lowest BCUT2D eigenvalue weighted by Crippen LogP contribution is -2.24. The Morgan fingerprint density at radius 3 is 1.48 bits per heavy atom. The molecule has 5 nitrogen and oxygen atoms in total. The Morgan fingerprint density at radius 1 is 0.397 bits per heavy atom. The normalized spacial score (nSPS) is 12.3. The van der Waals surface area contributed by atoms with E-state index in [1.54, 1.807) is 0 Å². The molecular weight excluding hydrogens is 709 g/mol. The largest absolute Gasteiger partial charge is 0.455 e. The van der Waals surface area contributed by atoms with E-state index in [0.717, 1.165) is 67.0 Å². The first-order chi connectivity index (χ1) is 28.0.